The molecule has 20 heavy (non-hydrogen) atoms. The first-order valence-electron chi connectivity index (χ1n) is 8.25. The highest BCUT2D eigenvalue weighted by Crippen LogP contribution is 2.30. The third kappa shape index (κ3) is 3.20. The van der Waals surface area contributed by atoms with Gasteiger partial charge >= 0.3 is 0 Å². The molecule has 0 bridgehead atoms. The SMILES string of the molecule is CC1CNC(C2CCCCC2)CN1C1CCS(=O)(=O)C1. The van der Waals surface area contributed by atoms with E-state index in [2.05, 4.69) is 17.1 Å². The van der Waals surface area contributed by atoms with Crippen molar-refractivity contribution in [1.82, 2.24) is 10.2 Å². The van der Waals surface area contributed by atoms with Crippen molar-refractivity contribution in [2.75, 3.05) is 24.6 Å². The minimum atomic E-state index is -2.77. The molecule has 0 amide bonds. The Labute approximate surface area is 123 Å². The molecule has 0 aromatic heterocycles. The van der Waals surface area contributed by atoms with Gasteiger partial charge in [-0.1, -0.05) is 19.3 Å². The fourth-order valence-electron chi connectivity index (χ4n) is 4.31. The molecule has 3 unspecified atom stereocenters. The maximum Gasteiger partial charge on any atom is 0.151 e. The van der Waals surface area contributed by atoms with Gasteiger partial charge in [0.25, 0.3) is 0 Å². The normalized spacial score (nSPS) is 40.0. The van der Waals surface area contributed by atoms with Gasteiger partial charge in [-0.05, 0) is 32.1 Å². The van der Waals surface area contributed by atoms with Gasteiger partial charge in [0.05, 0.1) is 11.5 Å². The minimum Gasteiger partial charge on any atom is -0.311 e. The van der Waals surface area contributed by atoms with Crippen LogP contribution in [-0.4, -0.2) is 56.0 Å². The third-order valence-electron chi connectivity index (χ3n) is 5.55. The summed E-state index contributed by atoms with van der Waals surface area (Å²) in [6.07, 6.45) is 7.67. The van der Waals surface area contributed by atoms with Crippen molar-refractivity contribution in [2.45, 2.75) is 63.6 Å². The zero-order chi connectivity index (χ0) is 14.2. The lowest BCUT2D eigenvalue weighted by molar-refractivity contribution is 0.0745. The zero-order valence-electron chi connectivity index (χ0n) is 12.6. The van der Waals surface area contributed by atoms with Crippen molar-refractivity contribution < 1.29 is 8.42 Å². The van der Waals surface area contributed by atoms with E-state index in [1.165, 1.54) is 32.1 Å². The number of piperazine rings is 1. The molecule has 2 aliphatic heterocycles. The average molecular weight is 300 g/mol. The monoisotopic (exact) mass is 300 g/mol. The Kier molecular flexibility index (Phi) is 4.39. The van der Waals surface area contributed by atoms with Crippen LogP contribution in [0.15, 0.2) is 0 Å². The van der Waals surface area contributed by atoms with Gasteiger partial charge in [-0.15, -0.1) is 0 Å². The number of sulfone groups is 1. The van der Waals surface area contributed by atoms with Gasteiger partial charge in [-0.2, -0.15) is 0 Å². The van der Waals surface area contributed by atoms with Crippen LogP contribution in [0.4, 0.5) is 0 Å². The molecule has 2 heterocycles. The molecule has 3 atom stereocenters. The van der Waals surface area contributed by atoms with Gasteiger partial charge in [0.15, 0.2) is 9.84 Å². The third-order valence-corrected chi connectivity index (χ3v) is 7.30. The van der Waals surface area contributed by atoms with E-state index in [4.69, 9.17) is 0 Å². The predicted octanol–water partition coefficient (Wildman–Crippen LogP) is 1.42. The maximum atomic E-state index is 11.7. The highest BCUT2D eigenvalue weighted by Gasteiger charge is 2.38. The molecule has 3 aliphatic rings. The summed E-state index contributed by atoms with van der Waals surface area (Å²) >= 11 is 0. The quantitative estimate of drug-likeness (QED) is 0.838. The summed E-state index contributed by atoms with van der Waals surface area (Å²) in [6.45, 7) is 4.29. The molecular weight excluding hydrogens is 272 g/mol. The number of hydrogen-bond acceptors (Lipinski definition) is 4. The minimum absolute atomic E-state index is 0.267. The lowest BCUT2D eigenvalue weighted by Crippen LogP contribution is -2.60. The molecule has 3 fully saturated rings. The summed E-state index contributed by atoms with van der Waals surface area (Å²) in [5.74, 6) is 1.58. The fourth-order valence-corrected chi connectivity index (χ4v) is 6.05. The smallest absolute Gasteiger partial charge is 0.151 e. The van der Waals surface area contributed by atoms with Crippen LogP contribution in [0.5, 0.6) is 0 Å². The molecule has 1 saturated carbocycles. The van der Waals surface area contributed by atoms with E-state index in [0.29, 0.717) is 23.6 Å². The van der Waals surface area contributed by atoms with E-state index in [-0.39, 0.29) is 6.04 Å². The van der Waals surface area contributed by atoms with Crippen LogP contribution in [0.2, 0.25) is 0 Å². The van der Waals surface area contributed by atoms with Gasteiger partial charge in [0, 0.05) is 31.2 Å². The van der Waals surface area contributed by atoms with Crippen LogP contribution < -0.4 is 5.32 Å². The largest absolute Gasteiger partial charge is 0.311 e. The standard InChI is InChI=1S/C15H28N2O2S/c1-12-9-16-15(13-5-3-2-4-6-13)10-17(12)14-7-8-20(18,19)11-14/h12-16H,2-11H2,1H3. The predicted molar refractivity (Wildman–Crippen MR) is 81.6 cm³/mol. The Balaban J connectivity index is 1.64. The van der Waals surface area contributed by atoms with Crippen LogP contribution in [0.3, 0.4) is 0 Å². The lowest BCUT2D eigenvalue weighted by Gasteiger charge is -2.45. The van der Waals surface area contributed by atoms with Gasteiger partial charge in [0.1, 0.15) is 0 Å². The summed E-state index contributed by atoms with van der Waals surface area (Å²) in [6, 6.07) is 1.31. The first-order chi connectivity index (χ1) is 9.55. The van der Waals surface area contributed by atoms with Crippen molar-refractivity contribution >= 4 is 9.84 Å². The molecule has 0 spiro atoms. The van der Waals surface area contributed by atoms with E-state index in [1.54, 1.807) is 0 Å². The Bertz CT molecular complexity index is 431. The molecule has 1 aliphatic carbocycles. The number of rotatable bonds is 2. The van der Waals surface area contributed by atoms with Gasteiger partial charge < -0.3 is 5.32 Å². The second kappa shape index (κ2) is 5.93. The molecule has 0 aromatic carbocycles. The maximum absolute atomic E-state index is 11.7. The van der Waals surface area contributed by atoms with Crippen molar-refractivity contribution in [3.05, 3.63) is 0 Å². The van der Waals surface area contributed by atoms with Crippen LogP contribution in [0.25, 0.3) is 0 Å². The summed E-state index contributed by atoms with van der Waals surface area (Å²) in [5, 5.41) is 3.72. The van der Waals surface area contributed by atoms with Gasteiger partial charge in [0.2, 0.25) is 0 Å². The number of hydrogen-bond donors (Lipinski definition) is 1. The van der Waals surface area contributed by atoms with Crippen molar-refractivity contribution in [3.8, 4) is 0 Å². The Morgan fingerprint density at radius 2 is 1.85 bits per heavy atom. The number of nitrogens with one attached hydrogen (secondary N) is 1. The lowest BCUT2D eigenvalue weighted by atomic mass is 9.82. The van der Waals surface area contributed by atoms with E-state index in [0.717, 1.165) is 25.4 Å². The first-order valence-corrected chi connectivity index (χ1v) is 10.1. The first kappa shape index (κ1) is 14.8. The van der Waals surface area contributed by atoms with E-state index in [1.807, 2.05) is 0 Å². The van der Waals surface area contributed by atoms with Crippen molar-refractivity contribution in [1.29, 1.82) is 0 Å². The second-order valence-electron chi connectivity index (χ2n) is 7.02. The van der Waals surface area contributed by atoms with E-state index < -0.39 is 9.84 Å². The highest BCUT2D eigenvalue weighted by atomic mass is 32.2. The summed E-state index contributed by atoms with van der Waals surface area (Å²) < 4.78 is 23.5. The van der Waals surface area contributed by atoms with Crippen molar-refractivity contribution in [3.63, 3.8) is 0 Å². The molecule has 1 N–H and O–H groups in total. The molecule has 0 radical (unpaired) electrons. The molecule has 5 heteroatoms. The van der Waals surface area contributed by atoms with Crippen LogP contribution in [0.1, 0.15) is 45.4 Å². The topological polar surface area (TPSA) is 49.4 Å². The molecule has 116 valence electrons. The Morgan fingerprint density at radius 3 is 2.50 bits per heavy atom. The number of nitrogens with zero attached hydrogens (tertiary/aromatic N) is 1. The van der Waals surface area contributed by atoms with E-state index in [9.17, 15) is 8.42 Å². The molecule has 0 aromatic rings. The summed E-state index contributed by atoms with van der Waals surface area (Å²) in [4.78, 5) is 2.49. The van der Waals surface area contributed by atoms with E-state index >= 15 is 0 Å². The molecular formula is C15H28N2O2S. The average Bonchev–Trinajstić information content (AvgIpc) is 2.80. The van der Waals surface area contributed by atoms with Crippen LogP contribution in [-0.2, 0) is 9.84 Å². The van der Waals surface area contributed by atoms with Crippen molar-refractivity contribution in [2.24, 2.45) is 5.92 Å². The summed E-state index contributed by atoms with van der Waals surface area (Å²) in [5.41, 5.74) is 0. The van der Waals surface area contributed by atoms with Gasteiger partial charge in [-0.3, -0.25) is 4.90 Å². The fraction of sp³-hybridized carbons (Fsp3) is 1.00. The molecule has 2 saturated heterocycles. The Hall–Kier alpha value is -0.130. The van der Waals surface area contributed by atoms with Gasteiger partial charge in [-0.25, -0.2) is 8.42 Å². The molecule has 3 rings (SSSR count). The van der Waals surface area contributed by atoms with Crippen LogP contribution >= 0.6 is 0 Å². The Morgan fingerprint density at radius 1 is 1.10 bits per heavy atom. The zero-order valence-corrected chi connectivity index (χ0v) is 13.4. The highest BCUT2D eigenvalue weighted by molar-refractivity contribution is 7.91. The summed E-state index contributed by atoms with van der Waals surface area (Å²) in [7, 11) is -2.77. The second-order valence-corrected chi connectivity index (χ2v) is 9.24. The van der Waals surface area contributed by atoms with Crippen LogP contribution in [0, 0.1) is 5.92 Å². The molecule has 4 nitrogen and oxygen atoms in total.